The lowest BCUT2D eigenvalue weighted by Crippen LogP contribution is -2.47. The molecule has 1 heterocycles. The lowest BCUT2D eigenvalue weighted by molar-refractivity contribution is -0.154. The average Bonchev–Trinajstić information content (AvgIpc) is 2.59. The molecule has 132 valence electrons. The Bertz CT molecular complexity index is 584. The summed E-state index contributed by atoms with van der Waals surface area (Å²) < 4.78 is 6.25. The molecular formula is C18H24BrNO4. The fourth-order valence-electron chi connectivity index (χ4n) is 2.98. The maximum absolute atomic E-state index is 12.5. The van der Waals surface area contributed by atoms with Crippen molar-refractivity contribution < 1.29 is 19.4 Å². The highest BCUT2D eigenvalue weighted by Crippen LogP contribution is 2.30. The SMILES string of the molecule is CCC(Cc1ccccc1Br)C(=O)NCC1(C(=O)O)CCOCC1. The summed E-state index contributed by atoms with van der Waals surface area (Å²) in [5, 5.41) is 12.4. The summed E-state index contributed by atoms with van der Waals surface area (Å²) in [6, 6.07) is 7.85. The van der Waals surface area contributed by atoms with Gasteiger partial charge in [0.1, 0.15) is 0 Å². The van der Waals surface area contributed by atoms with Crippen molar-refractivity contribution in [1.29, 1.82) is 0 Å². The highest BCUT2D eigenvalue weighted by Gasteiger charge is 2.40. The second-order valence-corrected chi connectivity index (χ2v) is 7.17. The van der Waals surface area contributed by atoms with Gasteiger partial charge in [0.15, 0.2) is 0 Å². The standard InChI is InChI=1S/C18H24BrNO4/c1-2-13(11-14-5-3-4-6-15(14)19)16(21)20-12-18(17(22)23)7-9-24-10-8-18/h3-6,13H,2,7-12H2,1H3,(H,20,21)(H,22,23). The molecule has 1 amide bonds. The number of carboxylic acids is 1. The second-order valence-electron chi connectivity index (χ2n) is 6.32. The number of carbonyl (C=O) groups is 2. The van der Waals surface area contributed by atoms with Crippen molar-refractivity contribution in [2.45, 2.75) is 32.6 Å². The van der Waals surface area contributed by atoms with Crippen molar-refractivity contribution in [3.05, 3.63) is 34.3 Å². The zero-order chi connectivity index (χ0) is 17.6. The van der Waals surface area contributed by atoms with Gasteiger partial charge in [-0.25, -0.2) is 0 Å². The first kappa shape index (κ1) is 18.9. The summed E-state index contributed by atoms with van der Waals surface area (Å²) >= 11 is 3.51. The molecule has 2 rings (SSSR count). The summed E-state index contributed by atoms with van der Waals surface area (Å²) in [4.78, 5) is 24.2. The Morgan fingerprint density at radius 1 is 1.33 bits per heavy atom. The number of halogens is 1. The lowest BCUT2D eigenvalue weighted by Gasteiger charge is -2.33. The van der Waals surface area contributed by atoms with E-state index in [0.29, 0.717) is 38.9 Å². The van der Waals surface area contributed by atoms with Gasteiger partial charge in [0.2, 0.25) is 5.91 Å². The van der Waals surface area contributed by atoms with Crippen molar-refractivity contribution in [2.75, 3.05) is 19.8 Å². The molecule has 0 aromatic heterocycles. The normalized spacial score (nSPS) is 17.9. The molecule has 2 N–H and O–H groups in total. The van der Waals surface area contributed by atoms with E-state index in [-0.39, 0.29) is 18.4 Å². The van der Waals surface area contributed by atoms with Gasteiger partial charge in [-0.3, -0.25) is 9.59 Å². The molecule has 1 aromatic rings. The predicted molar refractivity (Wildman–Crippen MR) is 94.8 cm³/mol. The molecule has 6 heteroatoms. The van der Waals surface area contributed by atoms with Crippen LogP contribution in [0.3, 0.4) is 0 Å². The molecule has 5 nitrogen and oxygen atoms in total. The first-order chi connectivity index (χ1) is 11.5. The van der Waals surface area contributed by atoms with Crippen molar-refractivity contribution in [1.82, 2.24) is 5.32 Å². The van der Waals surface area contributed by atoms with Gasteiger partial charge in [-0.2, -0.15) is 0 Å². The largest absolute Gasteiger partial charge is 0.481 e. The third-order valence-electron chi connectivity index (χ3n) is 4.79. The maximum atomic E-state index is 12.5. The number of rotatable bonds is 7. The van der Waals surface area contributed by atoms with Crippen LogP contribution in [0.5, 0.6) is 0 Å². The molecule has 0 radical (unpaired) electrons. The summed E-state index contributed by atoms with van der Waals surface area (Å²) in [7, 11) is 0. The van der Waals surface area contributed by atoms with E-state index in [4.69, 9.17) is 4.74 Å². The molecular weight excluding hydrogens is 374 g/mol. The molecule has 24 heavy (non-hydrogen) atoms. The topological polar surface area (TPSA) is 75.6 Å². The number of ether oxygens (including phenoxy) is 1. The van der Waals surface area contributed by atoms with E-state index in [0.717, 1.165) is 10.0 Å². The van der Waals surface area contributed by atoms with E-state index >= 15 is 0 Å². The number of benzene rings is 1. The van der Waals surface area contributed by atoms with Gasteiger partial charge in [0.25, 0.3) is 0 Å². The Morgan fingerprint density at radius 3 is 2.58 bits per heavy atom. The summed E-state index contributed by atoms with van der Waals surface area (Å²) in [5.74, 6) is -1.11. The first-order valence-corrected chi connectivity index (χ1v) is 9.10. The monoisotopic (exact) mass is 397 g/mol. The van der Waals surface area contributed by atoms with Crippen LogP contribution in [0.1, 0.15) is 31.7 Å². The number of aliphatic carboxylic acids is 1. The van der Waals surface area contributed by atoms with E-state index in [2.05, 4.69) is 21.2 Å². The Labute approximate surface area is 150 Å². The minimum atomic E-state index is -0.903. The smallest absolute Gasteiger partial charge is 0.311 e. The number of carbonyl (C=O) groups excluding carboxylic acids is 1. The third-order valence-corrected chi connectivity index (χ3v) is 5.57. The van der Waals surface area contributed by atoms with E-state index in [9.17, 15) is 14.7 Å². The van der Waals surface area contributed by atoms with Crippen LogP contribution < -0.4 is 5.32 Å². The summed E-state index contributed by atoms with van der Waals surface area (Å²) in [6.07, 6.45) is 2.20. The molecule has 1 unspecified atom stereocenters. The van der Waals surface area contributed by atoms with Crippen LogP contribution in [-0.4, -0.2) is 36.7 Å². The van der Waals surface area contributed by atoms with E-state index < -0.39 is 11.4 Å². The molecule has 1 aliphatic heterocycles. The van der Waals surface area contributed by atoms with Crippen molar-refractivity contribution in [3.63, 3.8) is 0 Å². The predicted octanol–water partition coefficient (Wildman–Crippen LogP) is 3.02. The quantitative estimate of drug-likeness (QED) is 0.741. The van der Waals surface area contributed by atoms with Gasteiger partial charge in [-0.15, -0.1) is 0 Å². The first-order valence-electron chi connectivity index (χ1n) is 8.31. The van der Waals surface area contributed by atoms with Crippen molar-refractivity contribution >= 4 is 27.8 Å². The lowest BCUT2D eigenvalue weighted by atomic mass is 9.80. The number of amides is 1. The zero-order valence-corrected chi connectivity index (χ0v) is 15.5. The van der Waals surface area contributed by atoms with Crippen LogP contribution >= 0.6 is 15.9 Å². The summed E-state index contributed by atoms with van der Waals surface area (Å²) in [6.45, 7) is 2.99. The zero-order valence-electron chi connectivity index (χ0n) is 13.9. The van der Waals surface area contributed by atoms with Gasteiger partial charge >= 0.3 is 5.97 Å². The fraction of sp³-hybridized carbons (Fsp3) is 0.556. The molecule has 1 atom stereocenters. The Morgan fingerprint density at radius 2 is 2.00 bits per heavy atom. The fourth-order valence-corrected chi connectivity index (χ4v) is 3.43. The Hall–Kier alpha value is -1.40. The molecule has 0 spiro atoms. The van der Waals surface area contributed by atoms with Crippen molar-refractivity contribution in [2.24, 2.45) is 11.3 Å². The average molecular weight is 398 g/mol. The van der Waals surface area contributed by atoms with Crippen LogP contribution in [0.2, 0.25) is 0 Å². The molecule has 0 saturated carbocycles. The molecule has 1 saturated heterocycles. The number of nitrogens with one attached hydrogen (secondary N) is 1. The van der Waals surface area contributed by atoms with Gasteiger partial charge in [0.05, 0.1) is 5.41 Å². The highest BCUT2D eigenvalue weighted by molar-refractivity contribution is 9.10. The molecule has 0 bridgehead atoms. The highest BCUT2D eigenvalue weighted by atomic mass is 79.9. The van der Waals surface area contributed by atoms with Crippen LogP contribution in [0.25, 0.3) is 0 Å². The van der Waals surface area contributed by atoms with E-state index in [1.54, 1.807) is 0 Å². The number of hydrogen-bond donors (Lipinski definition) is 2. The molecule has 1 aromatic carbocycles. The van der Waals surface area contributed by atoms with Crippen LogP contribution in [0.15, 0.2) is 28.7 Å². The Kier molecular flexibility index (Phi) is 6.80. The maximum Gasteiger partial charge on any atom is 0.311 e. The van der Waals surface area contributed by atoms with Crippen LogP contribution in [0, 0.1) is 11.3 Å². The van der Waals surface area contributed by atoms with Gasteiger partial charge in [-0.1, -0.05) is 41.1 Å². The molecule has 1 fully saturated rings. The van der Waals surface area contributed by atoms with E-state index in [1.807, 2.05) is 31.2 Å². The minimum absolute atomic E-state index is 0.0830. The number of hydrogen-bond acceptors (Lipinski definition) is 3. The van der Waals surface area contributed by atoms with Crippen LogP contribution in [0.4, 0.5) is 0 Å². The van der Waals surface area contributed by atoms with E-state index in [1.165, 1.54) is 0 Å². The van der Waals surface area contributed by atoms with Gasteiger partial charge in [0, 0.05) is 30.1 Å². The third kappa shape index (κ3) is 4.57. The number of carboxylic acid groups (broad SMARTS) is 1. The minimum Gasteiger partial charge on any atom is -0.481 e. The van der Waals surface area contributed by atoms with Crippen LogP contribution in [-0.2, 0) is 20.7 Å². The van der Waals surface area contributed by atoms with Crippen molar-refractivity contribution in [3.8, 4) is 0 Å². The Balaban J connectivity index is 1.98. The van der Waals surface area contributed by atoms with Gasteiger partial charge < -0.3 is 15.2 Å². The summed E-state index contributed by atoms with van der Waals surface area (Å²) in [5.41, 5.74) is 0.179. The van der Waals surface area contributed by atoms with Gasteiger partial charge in [-0.05, 0) is 37.3 Å². The molecule has 0 aliphatic carbocycles. The molecule has 1 aliphatic rings. The second kappa shape index (κ2) is 8.62.